The molecule has 0 radical (unpaired) electrons. The highest BCUT2D eigenvalue weighted by Crippen LogP contribution is 2.10. The van der Waals surface area contributed by atoms with E-state index >= 15 is 0 Å². The van der Waals surface area contributed by atoms with Crippen LogP contribution in [0.25, 0.3) is 0 Å². The monoisotopic (exact) mass is 312 g/mol. The molecule has 2 N–H and O–H groups in total. The maximum atomic E-state index is 12.2. The summed E-state index contributed by atoms with van der Waals surface area (Å²) in [6.45, 7) is 14.8. The molecule has 0 heterocycles. The molecule has 0 aliphatic rings. The average Bonchev–Trinajstić information content (AvgIpc) is 2.21. The van der Waals surface area contributed by atoms with Crippen molar-refractivity contribution in [3.63, 3.8) is 0 Å². The summed E-state index contributed by atoms with van der Waals surface area (Å²) in [4.78, 5) is 0. The van der Waals surface area contributed by atoms with Gasteiger partial charge in [0.2, 0.25) is 0 Å². The van der Waals surface area contributed by atoms with Gasteiger partial charge in [-0.1, -0.05) is 0 Å². The Labute approximate surface area is 129 Å². The smallest absolute Gasteiger partial charge is 0.195 e. The molecule has 0 unspecified atom stereocenters. The molecule has 21 heavy (non-hydrogen) atoms. The fourth-order valence-electron chi connectivity index (χ4n) is 1.43. The molecular formula is C16H28N2O2S. The van der Waals surface area contributed by atoms with E-state index in [2.05, 4.69) is 20.9 Å². The summed E-state index contributed by atoms with van der Waals surface area (Å²) in [5.41, 5.74) is 6.58. The summed E-state index contributed by atoms with van der Waals surface area (Å²) in [6, 6.07) is 0. The summed E-state index contributed by atoms with van der Waals surface area (Å²) in [7, 11) is -3.65. The molecule has 120 valence electrons. The maximum absolute atomic E-state index is 12.2. The largest absolute Gasteiger partial charge is 0.278 e. The van der Waals surface area contributed by atoms with Crippen molar-refractivity contribution in [1.82, 2.24) is 9.44 Å². The lowest BCUT2D eigenvalue weighted by atomic mass is 10.1. The molecule has 0 atom stereocenters. The van der Waals surface area contributed by atoms with E-state index in [1.54, 1.807) is 39.8 Å². The molecule has 0 amide bonds. The van der Waals surface area contributed by atoms with Gasteiger partial charge in [-0.05, 0) is 78.7 Å². The molecule has 0 saturated heterocycles. The first-order valence-corrected chi connectivity index (χ1v) is 8.38. The minimum absolute atomic E-state index is 0.723. The molecular weight excluding hydrogens is 284 g/mol. The third kappa shape index (κ3) is 10.3. The van der Waals surface area contributed by atoms with Crippen molar-refractivity contribution in [2.24, 2.45) is 0 Å². The zero-order chi connectivity index (χ0) is 16.9. The van der Waals surface area contributed by atoms with Crippen LogP contribution < -0.4 is 9.44 Å². The van der Waals surface area contributed by atoms with Gasteiger partial charge in [-0.15, -0.1) is 11.5 Å². The standard InChI is InChI=1S/C16H28N2O2S/c1-13(2)9-11-15(5,6)17-21(19,20)18-16(7,8)12-10-14(3)4/h11-12,17-18H,1-8H3. The van der Waals surface area contributed by atoms with E-state index in [-0.39, 0.29) is 0 Å². The third-order valence-electron chi connectivity index (χ3n) is 2.24. The molecule has 0 aromatic rings. The summed E-state index contributed by atoms with van der Waals surface area (Å²) in [5, 5.41) is 0. The van der Waals surface area contributed by atoms with Gasteiger partial charge < -0.3 is 0 Å². The van der Waals surface area contributed by atoms with Crippen LogP contribution in [0.5, 0.6) is 0 Å². The molecule has 0 spiro atoms. The van der Waals surface area contributed by atoms with Crippen molar-refractivity contribution >= 4 is 10.2 Å². The zero-order valence-electron chi connectivity index (χ0n) is 14.4. The van der Waals surface area contributed by atoms with Gasteiger partial charge in [0.25, 0.3) is 10.2 Å². The van der Waals surface area contributed by atoms with Crippen LogP contribution in [0.2, 0.25) is 0 Å². The first-order valence-electron chi connectivity index (χ1n) is 6.90. The Balaban J connectivity index is 5.19. The van der Waals surface area contributed by atoms with Crippen molar-refractivity contribution in [3.8, 4) is 0 Å². The summed E-state index contributed by atoms with van der Waals surface area (Å²) < 4.78 is 29.7. The van der Waals surface area contributed by atoms with Crippen LogP contribution >= 0.6 is 0 Å². The molecule has 0 aromatic carbocycles. The molecule has 0 aliphatic carbocycles. The average molecular weight is 312 g/mol. The first-order chi connectivity index (χ1) is 9.25. The van der Waals surface area contributed by atoms with E-state index in [9.17, 15) is 8.42 Å². The Hall–Kier alpha value is -1.09. The molecule has 0 aliphatic heterocycles. The Bertz CT molecular complexity index is 542. The zero-order valence-corrected chi connectivity index (χ0v) is 15.2. The lowest BCUT2D eigenvalue weighted by molar-refractivity contribution is 0.489. The van der Waals surface area contributed by atoms with Crippen molar-refractivity contribution in [3.05, 3.63) is 34.8 Å². The Kier molecular flexibility index (Phi) is 6.88. The molecule has 0 saturated carbocycles. The highest BCUT2D eigenvalue weighted by Gasteiger charge is 2.27. The van der Waals surface area contributed by atoms with E-state index < -0.39 is 21.3 Å². The second-order valence-electron chi connectivity index (χ2n) is 6.73. The number of hydrogen-bond donors (Lipinski definition) is 2. The van der Waals surface area contributed by atoms with E-state index in [1.165, 1.54) is 0 Å². The molecule has 5 heteroatoms. The number of rotatable bonds is 6. The second-order valence-corrected chi connectivity index (χ2v) is 8.14. The lowest BCUT2D eigenvalue weighted by Gasteiger charge is -2.26. The molecule has 0 fully saturated rings. The first kappa shape index (κ1) is 19.9. The highest BCUT2D eigenvalue weighted by molar-refractivity contribution is 7.87. The van der Waals surface area contributed by atoms with E-state index in [1.807, 2.05) is 27.7 Å². The van der Waals surface area contributed by atoms with Crippen molar-refractivity contribution in [2.45, 2.75) is 66.5 Å². The van der Waals surface area contributed by atoms with Crippen LogP contribution in [0.4, 0.5) is 0 Å². The van der Waals surface area contributed by atoms with Crippen LogP contribution in [0.15, 0.2) is 34.8 Å². The number of hydrogen-bond acceptors (Lipinski definition) is 2. The van der Waals surface area contributed by atoms with Crippen molar-refractivity contribution in [2.75, 3.05) is 0 Å². The van der Waals surface area contributed by atoms with Crippen molar-refractivity contribution in [1.29, 1.82) is 0 Å². The Morgan fingerprint density at radius 1 is 0.810 bits per heavy atom. The van der Waals surface area contributed by atoms with Gasteiger partial charge in [0.15, 0.2) is 0 Å². The number of nitrogens with one attached hydrogen (secondary N) is 2. The van der Waals surface area contributed by atoms with Gasteiger partial charge in [0.05, 0.1) is 11.1 Å². The SMILES string of the molecule is CC(C)=C=CC(C)(C)NS(=O)(=O)NC(C)(C)C=C=C(C)C. The fraction of sp³-hybridized carbons (Fsp3) is 0.625. The van der Waals surface area contributed by atoms with Gasteiger partial charge in [-0.3, -0.25) is 0 Å². The van der Waals surface area contributed by atoms with Gasteiger partial charge in [0, 0.05) is 0 Å². The summed E-state index contributed by atoms with van der Waals surface area (Å²) >= 11 is 0. The second kappa shape index (κ2) is 7.26. The lowest BCUT2D eigenvalue weighted by Crippen LogP contribution is -2.53. The Morgan fingerprint density at radius 3 is 1.33 bits per heavy atom. The predicted octanol–water partition coefficient (Wildman–Crippen LogP) is 3.21. The van der Waals surface area contributed by atoms with Gasteiger partial charge in [-0.25, -0.2) is 0 Å². The van der Waals surface area contributed by atoms with Gasteiger partial charge in [-0.2, -0.15) is 17.9 Å². The van der Waals surface area contributed by atoms with Crippen LogP contribution in [0.1, 0.15) is 55.4 Å². The third-order valence-corrected chi connectivity index (χ3v) is 3.83. The van der Waals surface area contributed by atoms with E-state index in [0.717, 1.165) is 11.1 Å². The van der Waals surface area contributed by atoms with E-state index in [4.69, 9.17) is 0 Å². The van der Waals surface area contributed by atoms with E-state index in [0.29, 0.717) is 0 Å². The topological polar surface area (TPSA) is 58.2 Å². The molecule has 0 rings (SSSR count). The minimum atomic E-state index is -3.65. The van der Waals surface area contributed by atoms with Crippen molar-refractivity contribution < 1.29 is 8.42 Å². The fourth-order valence-corrected chi connectivity index (χ4v) is 2.98. The van der Waals surface area contributed by atoms with Gasteiger partial charge >= 0.3 is 0 Å². The maximum Gasteiger partial charge on any atom is 0.278 e. The Morgan fingerprint density at radius 2 is 1.10 bits per heavy atom. The quantitative estimate of drug-likeness (QED) is 0.740. The minimum Gasteiger partial charge on any atom is -0.195 e. The summed E-state index contributed by atoms with van der Waals surface area (Å²) in [5.74, 6) is 0. The predicted molar refractivity (Wildman–Crippen MR) is 89.2 cm³/mol. The van der Waals surface area contributed by atoms with Crippen LogP contribution in [0, 0.1) is 0 Å². The highest BCUT2D eigenvalue weighted by atomic mass is 32.2. The van der Waals surface area contributed by atoms with Crippen LogP contribution in [0.3, 0.4) is 0 Å². The molecule has 0 bridgehead atoms. The molecule has 0 aromatic heterocycles. The summed E-state index contributed by atoms with van der Waals surface area (Å²) in [6.07, 6.45) is 3.42. The molecule has 4 nitrogen and oxygen atoms in total. The normalized spacial score (nSPS) is 12.2. The van der Waals surface area contributed by atoms with Gasteiger partial charge in [0.1, 0.15) is 0 Å². The van der Waals surface area contributed by atoms with Crippen LogP contribution in [-0.4, -0.2) is 19.5 Å². The van der Waals surface area contributed by atoms with Crippen LogP contribution in [-0.2, 0) is 10.2 Å².